The molecule has 0 radical (unpaired) electrons. The zero-order valence-electron chi connectivity index (χ0n) is 7.08. The van der Waals surface area contributed by atoms with Gasteiger partial charge in [0, 0.05) is 5.92 Å². The fourth-order valence-electron chi connectivity index (χ4n) is 2.74. The maximum absolute atomic E-state index is 11.2. The van der Waals surface area contributed by atoms with Crippen LogP contribution in [0.25, 0.3) is 0 Å². The van der Waals surface area contributed by atoms with Crippen LogP contribution >= 0.6 is 0 Å². The molecule has 2 bridgehead atoms. The first-order valence-electron chi connectivity index (χ1n) is 4.39. The molecule has 0 aromatic rings. The van der Waals surface area contributed by atoms with E-state index >= 15 is 0 Å². The fraction of sp³-hybridized carbons (Fsp3) is 0.700. The molecule has 1 nitrogen and oxygen atoms in total. The van der Waals surface area contributed by atoms with Crippen molar-refractivity contribution in [3.8, 4) is 0 Å². The van der Waals surface area contributed by atoms with Gasteiger partial charge in [-0.25, -0.2) is 0 Å². The zero-order valence-corrected chi connectivity index (χ0v) is 7.08. The first kappa shape index (κ1) is 7.08. The third-order valence-corrected chi connectivity index (χ3v) is 3.32. The second-order valence-corrected chi connectivity index (χ2v) is 3.94. The highest BCUT2D eigenvalue weighted by atomic mass is 16.1. The van der Waals surface area contributed by atoms with Gasteiger partial charge in [-0.2, -0.15) is 0 Å². The van der Waals surface area contributed by atoms with E-state index in [1.54, 1.807) is 6.92 Å². The Balaban J connectivity index is 2.25. The predicted octanol–water partition coefficient (Wildman–Crippen LogP) is 2.03. The van der Waals surface area contributed by atoms with Crippen LogP contribution < -0.4 is 0 Å². The summed E-state index contributed by atoms with van der Waals surface area (Å²) in [5.74, 6) is 2.60. The highest BCUT2D eigenvalue weighted by molar-refractivity contribution is 5.80. The number of carbonyl (C=O) groups is 1. The second-order valence-electron chi connectivity index (χ2n) is 3.94. The van der Waals surface area contributed by atoms with Gasteiger partial charge < -0.3 is 0 Å². The standard InChI is InChI=1S/C10H14O/c1-6-8-3-4-9(5-8)10(6)7(2)11/h3-4,6,8-10H,5H2,1-2H3/t6-,8-,9+,10+/m1/s1. The zero-order chi connectivity index (χ0) is 8.01. The summed E-state index contributed by atoms with van der Waals surface area (Å²) in [6.07, 6.45) is 5.75. The van der Waals surface area contributed by atoms with Crippen LogP contribution in [0.3, 0.4) is 0 Å². The van der Waals surface area contributed by atoms with Crippen LogP contribution in [0.1, 0.15) is 20.3 Å². The van der Waals surface area contributed by atoms with Crippen LogP contribution in [0, 0.1) is 23.7 Å². The van der Waals surface area contributed by atoms with Crippen molar-refractivity contribution in [1.29, 1.82) is 0 Å². The van der Waals surface area contributed by atoms with Gasteiger partial charge in [0.15, 0.2) is 0 Å². The molecule has 1 saturated carbocycles. The summed E-state index contributed by atoms with van der Waals surface area (Å²) in [7, 11) is 0. The number of hydrogen-bond donors (Lipinski definition) is 0. The average Bonchev–Trinajstić information content (AvgIpc) is 2.44. The molecule has 0 unspecified atom stereocenters. The van der Waals surface area contributed by atoms with Crippen LogP contribution in [0.15, 0.2) is 12.2 Å². The number of hydrogen-bond acceptors (Lipinski definition) is 1. The molecule has 0 heterocycles. The molecule has 60 valence electrons. The highest BCUT2D eigenvalue weighted by Crippen LogP contribution is 2.47. The lowest BCUT2D eigenvalue weighted by Gasteiger charge is -2.21. The van der Waals surface area contributed by atoms with E-state index in [0.29, 0.717) is 29.5 Å². The molecule has 2 aliphatic carbocycles. The van der Waals surface area contributed by atoms with Crippen LogP contribution in [0.5, 0.6) is 0 Å². The Bertz CT molecular complexity index is 217. The molecule has 4 atom stereocenters. The third kappa shape index (κ3) is 0.867. The van der Waals surface area contributed by atoms with Gasteiger partial charge in [-0.3, -0.25) is 4.79 Å². The Morgan fingerprint density at radius 2 is 2.00 bits per heavy atom. The number of Topliss-reactive ketones (excluding diaryl/α,β-unsaturated/α-hetero) is 1. The highest BCUT2D eigenvalue weighted by Gasteiger charge is 2.43. The van der Waals surface area contributed by atoms with Crippen molar-refractivity contribution < 1.29 is 4.79 Å². The van der Waals surface area contributed by atoms with Crippen LogP contribution in [0.4, 0.5) is 0 Å². The lowest BCUT2D eigenvalue weighted by Crippen LogP contribution is -2.23. The number of rotatable bonds is 1. The van der Waals surface area contributed by atoms with Crippen LogP contribution in [0.2, 0.25) is 0 Å². The maximum atomic E-state index is 11.2. The molecule has 0 aliphatic heterocycles. The van der Waals surface area contributed by atoms with Gasteiger partial charge in [0.2, 0.25) is 0 Å². The minimum atomic E-state index is 0.338. The molecular weight excluding hydrogens is 136 g/mol. The number of fused-ring (bicyclic) bond motifs is 2. The first-order chi connectivity index (χ1) is 5.20. The van der Waals surface area contributed by atoms with Crippen LogP contribution in [-0.2, 0) is 4.79 Å². The summed E-state index contributed by atoms with van der Waals surface area (Å²) in [6, 6.07) is 0. The van der Waals surface area contributed by atoms with Gasteiger partial charge in [-0.15, -0.1) is 0 Å². The van der Waals surface area contributed by atoms with Crippen molar-refractivity contribution >= 4 is 5.78 Å². The van der Waals surface area contributed by atoms with Gasteiger partial charge in [-0.1, -0.05) is 19.1 Å². The molecule has 1 heteroatoms. The summed E-state index contributed by atoms with van der Waals surface area (Å²) < 4.78 is 0. The van der Waals surface area contributed by atoms with E-state index in [1.165, 1.54) is 6.42 Å². The average molecular weight is 150 g/mol. The Morgan fingerprint density at radius 3 is 2.36 bits per heavy atom. The molecule has 0 amide bonds. The van der Waals surface area contributed by atoms with E-state index in [-0.39, 0.29) is 0 Å². The quantitative estimate of drug-likeness (QED) is 0.523. The lowest BCUT2D eigenvalue weighted by atomic mass is 9.82. The predicted molar refractivity (Wildman–Crippen MR) is 44.1 cm³/mol. The topological polar surface area (TPSA) is 17.1 Å². The Morgan fingerprint density at radius 1 is 1.36 bits per heavy atom. The van der Waals surface area contributed by atoms with Gasteiger partial charge in [0.05, 0.1) is 0 Å². The normalized spacial score (nSPS) is 46.7. The van der Waals surface area contributed by atoms with Gasteiger partial charge in [0.25, 0.3) is 0 Å². The Hall–Kier alpha value is -0.590. The second kappa shape index (κ2) is 2.20. The molecule has 0 spiro atoms. The SMILES string of the molecule is CC(=O)[C@@H]1[C@H](C)[C@@H]2C=C[C@H]1C2. The summed E-state index contributed by atoms with van der Waals surface area (Å²) >= 11 is 0. The first-order valence-corrected chi connectivity index (χ1v) is 4.39. The van der Waals surface area contributed by atoms with Gasteiger partial charge in [-0.05, 0) is 31.1 Å². The summed E-state index contributed by atoms with van der Waals surface area (Å²) in [5.41, 5.74) is 0. The van der Waals surface area contributed by atoms with Gasteiger partial charge >= 0.3 is 0 Å². The number of allylic oxidation sites excluding steroid dienone is 2. The van der Waals surface area contributed by atoms with Crippen molar-refractivity contribution in [3.05, 3.63) is 12.2 Å². The van der Waals surface area contributed by atoms with E-state index in [1.807, 2.05) is 0 Å². The molecule has 0 aromatic carbocycles. The van der Waals surface area contributed by atoms with E-state index in [9.17, 15) is 4.79 Å². The minimum Gasteiger partial charge on any atom is -0.300 e. The van der Waals surface area contributed by atoms with E-state index in [0.717, 1.165) is 0 Å². The minimum absolute atomic E-state index is 0.338. The lowest BCUT2D eigenvalue weighted by molar-refractivity contribution is -0.122. The van der Waals surface area contributed by atoms with Gasteiger partial charge in [0.1, 0.15) is 5.78 Å². The van der Waals surface area contributed by atoms with Crippen molar-refractivity contribution in [1.82, 2.24) is 0 Å². The third-order valence-electron chi connectivity index (χ3n) is 3.32. The monoisotopic (exact) mass is 150 g/mol. The molecule has 2 aliphatic rings. The maximum Gasteiger partial charge on any atom is 0.133 e. The Kier molecular flexibility index (Phi) is 1.41. The van der Waals surface area contributed by atoms with E-state index in [2.05, 4.69) is 19.1 Å². The van der Waals surface area contributed by atoms with Crippen molar-refractivity contribution in [3.63, 3.8) is 0 Å². The smallest absolute Gasteiger partial charge is 0.133 e. The number of carbonyl (C=O) groups excluding carboxylic acids is 1. The van der Waals surface area contributed by atoms with E-state index in [4.69, 9.17) is 0 Å². The molecular formula is C10H14O. The number of ketones is 1. The molecule has 2 rings (SSSR count). The largest absolute Gasteiger partial charge is 0.300 e. The van der Waals surface area contributed by atoms with Crippen molar-refractivity contribution in [2.45, 2.75) is 20.3 Å². The fourth-order valence-corrected chi connectivity index (χ4v) is 2.74. The Labute approximate surface area is 67.5 Å². The molecule has 0 saturated heterocycles. The van der Waals surface area contributed by atoms with Crippen molar-refractivity contribution in [2.24, 2.45) is 23.7 Å². The summed E-state index contributed by atoms with van der Waals surface area (Å²) in [6.45, 7) is 3.94. The summed E-state index contributed by atoms with van der Waals surface area (Å²) in [5, 5.41) is 0. The van der Waals surface area contributed by atoms with Crippen LogP contribution in [-0.4, -0.2) is 5.78 Å². The molecule has 0 N–H and O–H groups in total. The van der Waals surface area contributed by atoms with Crippen molar-refractivity contribution in [2.75, 3.05) is 0 Å². The summed E-state index contributed by atoms with van der Waals surface area (Å²) in [4.78, 5) is 11.2. The molecule has 0 aromatic heterocycles. The molecule has 11 heavy (non-hydrogen) atoms. The van der Waals surface area contributed by atoms with E-state index < -0.39 is 0 Å². The molecule has 1 fully saturated rings.